The Bertz CT molecular complexity index is 1120. The highest BCUT2D eigenvalue weighted by atomic mass is 32.2. The van der Waals surface area contributed by atoms with Crippen LogP contribution in [0.5, 0.6) is 0 Å². The number of carbonyl (C=O) groups is 2. The summed E-state index contributed by atoms with van der Waals surface area (Å²) in [5.74, 6) is 0.184. The summed E-state index contributed by atoms with van der Waals surface area (Å²) in [5, 5.41) is 5.75. The molecule has 5 heteroatoms. The number of aryl methyl sites for hydroxylation is 2. The number of rotatable bonds is 7. The van der Waals surface area contributed by atoms with E-state index in [0.29, 0.717) is 0 Å². The van der Waals surface area contributed by atoms with Crippen molar-refractivity contribution in [1.82, 2.24) is 0 Å². The minimum absolute atomic E-state index is 0.0610. The van der Waals surface area contributed by atoms with Crippen LogP contribution in [0.1, 0.15) is 54.0 Å². The SMILES string of the molecule is Cc1ccc(NC(=O)C(Sc2ccc(NC(=O)C3CCCCC3)cc2)c2ccccc2)cc1C. The molecule has 2 N–H and O–H groups in total. The average molecular weight is 473 g/mol. The van der Waals surface area contributed by atoms with Gasteiger partial charge in [-0.3, -0.25) is 9.59 Å². The first-order valence-corrected chi connectivity index (χ1v) is 12.9. The summed E-state index contributed by atoms with van der Waals surface area (Å²) >= 11 is 1.51. The molecule has 2 amide bonds. The van der Waals surface area contributed by atoms with Crippen LogP contribution >= 0.6 is 11.8 Å². The van der Waals surface area contributed by atoms with Crippen molar-refractivity contribution < 1.29 is 9.59 Å². The Hall–Kier alpha value is -3.05. The monoisotopic (exact) mass is 472 g/mol. The quantitative estimate of drug-likeness (QED) is 0.355. The van der Waals surface area contributed by atoms with Gasteiger partial charge in [0, 0.05) is 22.2 Å². The van der Waals surface area contributed by atoms with Gasteiger partial charge in [-0.25, -0.2) is 0 Å². The number of hydrogen-bond donors (Lipinski definition) is 2. The molecule has 0 saturated heterocycles. The average Bonchev–Trinajstić information content (AvgIpc) is 2.86. The molecule has 3 aromatic carbocycles. The van der Waals surface area contributed by atoms with Gasteiger partial charge >= 0.3 is 0 Å². The summed E-state index contributed by atoms with van der Waals surface area (Å²) in [6, 6.07) is 23.6. The van der Waals surface area contributed by atoms with Crippen LogP contribution in [0.15, 0.2) is 77.7 Å². The molecule has 1 atom stereocenters. The summed E-state index contributed by atoms with van der Waals surface area (Å²) < 4.78 is 0. The lowest BCUT2D eigenvalue weighted by molar-refractivity contribution is -0.120. The Kier molecular flexibility index (Phi) is 8.07. The molecular formula is C29H32N2O2S. The summed E-state index contributed by atoms with van der Waals surface area (Å²) in [5.41, 5.74) is 4.89. The first-order valence-electron chi connectivity index (χ1n) is 12.0. The second kappa shape index (κ2) is 11.4. The fourth-order valence-corrected chi connectivity index (χ4v) is 5.31. The van der Waals surface area contributed by atoms with Crippen molar-refractivity contribution in [2.75, 3.05) is 10.6 Å². The first kappa shape index (κ1) is 24.1. The number of benzene rings is 3. The highest BCUT2D eigenvalue weighted by Crippen LogP contribution is 2.37. The zero-order valence-corrected chi connectivity index (χ0v) is 20.7. The Balaban J connectivity index is 1.46. The molecule has 1 aliphatic rings. The predicted octanol–water partition coefficient (Wildman–Crippen LogP) is 7.29. The molecule has 4 nitrogen and oxygen atoms in total. The lowest BCUT2D eigenvalue weighted by Crippen LogP contribution is -2.24. The van der Waals surface area contributed by atoms with E-state index in [1.54, 1.807) is 0 Å². The van der Waals surface area contributed by atoms with Gasteiger partial charge in [0.1, 0.15) is 5.25 Å². The lowest BCUT2D eigenvalue weighted by Gasteiger charge is -2.21. The normalized spacial score (nSPS) is 14.9. The molecule has 1 saturated carbocycles. The maximum atomic E-state index is 13.3. The number of thioether (sulfide) groups is 1. The molecule has 0 bridgehead atoms. The standard InChI is InChI=1S/C29H32N2O2S/c1-20-13-14-25(19-21(20)2)31-29(33)27(22-9-5-3-6-10-22)34-26-17-15-24(16-18-26)30-28(32)23-11-7-4-8-12-23/h3,5-6,9-10,13-19,23,27H,4,7-8,11-12H2,1-2H3,(H,30,32)(H,31,33). The van der Waals surface area contributed by atoms with E-state index in [1.165, 1.54) is 23.7 Å². The third-order valence-corrected chi connectivity index (χ3v) is 7.73. The van der Waals surface area contributed by atoms with E-state index in [9.17, 15) is 9.59 Å². The van der Waals surface area contributed by atoms with E-state index < -0.39 is 5.25 Å². The van der Waals surface area contributed by atoms with Crippen molar-refractivity contribution in [3.8, 4) is 0 Å². The minimum atomic E-state index is -0.398. The molecule has 0 spiro atoms. The number of anilines is 2. The third kappa shape index (κ3) is 6.29. The smallest absolute Gasteiger partial charge is 0.242 e. The van der Waals surface area contributed by atoms with Gasteiger partial charge in [-0.1, -0.05) is 55.7 Å². The van der Waals surface area contributed by atoms with Crippen LogP contribution in [0.3, 0.4) is 0 Å². The van der Waals surface area contributed by atoms with Gasteiger partial charge in [0.25, 0.3) is 0 Å². The summed E-state index contributed by atoms with van der Waals surface area (Å²) in [6.07, 6.45) is 5.47. The van der Waals surface area contributed by atoms with E-state index in [2.05, 4.69) is 17.6 Å². The summed E-state index contributed by atoms with van der Waals surface area (Å²) in [6.45, 7) is 4.10. The highest BCUT2D eigenvalue weighted by molar-refractivity contribution is 8.00. The molecule has 176 valence electrons. The number of carbonyl (C=O) groups excluding carboxylic acids is 2. The van der Waals surface area contributed by atoms with Crippen LogP contribution in [-0.2, 0) is 9.59 Å². The molecule has 0 aromatic heterocycles. The molecule has 3 aromatic rings. The number of hydrogen-bond acceptors (Lipinski definition) is 3. The Morgan fingerprint density at radius 3 is 2.15 bits per heavy atom. The second-order valence-electron chi connectivity index (χ2n) is 9.05. The zero-order valence-electron chi connectivity index (χ0n) is 19.8. The molecular weight excluding hydrogens is 440 g/mol. The number of nitrogens with one attached hydrogen (secondary N) is 2. The topological polar surface area (TPSA) is 58.2 Å². The first-order chi connectivity index (χ1) is 16.5. The van der Waals surface area contributed by atoms with Gasteiger partial charge in [0.05, 0.1) is 0 Å². The molecule has 1 aliphatic carbocycles. The van der Waals surface area contributed by atoms with Crippen LogP contribution in [0.4, 0.5) is 11.4 Å². The summed E-state index contributed by atoms with van der Waals surface area (Å²) in [7, 11) is 0. The Morgan fingerprint density at radius 2 is 1.47 bits per heavy atom. The van der Waals surface area contributed by atoms with Crippen molar-refractivity contribution in [1.29, 1.82) is 0 Å². The van der Waals surface area contributed by atoms with Crippen LogP contribution in [-0.4, -0.2) is 11.8 Å². The lowest BCUT2D eigenvalue weighted by atomic mass is 9.88. The van der Waals surface area contributed by atoms with Crippen LogP contribution < -0.4 is 10.6 Å². The highest BCUT2D eigenvalue weighted by Gasteiger charge is 2.23. The van der Waals surface area contributed by atoms with Crippen molar-refractivity contribution in [2.24, 2.45) is 5.92 Å². The van der Waals surface area contributed by atoms with E-state index in [1.807, 2.05) is 79.7 Å². The van der Waals surface area contributed by atoms with Gasteiger partial charge in [-0.15, -0.1) is 11.8 Å². The maximum absolute atomic E-state index is 13.3. The molecule has 0 heterocycles. The molecule has 1 fully saturated rings. The Morgan fingerprint density at radius 1 is 0.794 bits per heavy atom. The second-order valence-corrected chi connectivity index (χ2v) is 10.2. The van der Waals surface area contributed by atoms with E-state index in [-0.39, 0.29) is 17.7 Å². The predicted molar refractivity (Wildman–Crippen MR) is 141 cm³/mol. The van der Waals surface area contributed by atoms with Crippen LogP contribution in [0.2, 0.25) is 0 Å². The molecule has 4 rings (SSSR count). The fraction of sp³-hybridized carbons (Fsp3) is 0.310. The Labute approximate surface area is 206 Å². The van der Waals surface area contributed by atoms with Crippen molar-refractivity contribution in [3.63, 3.8) is 0 Å². The molecule has 0 radical (unpaired) electrons. The van der Waals surface area contributed by atoms with Gasteiger partial charge in [-0.05, 0) is 79.8 Å². The fourth-order valence-electron chi connectivity index (χ4n) is 4.29. The summed E-state index contributed by atoms with van der Waals surface area (Å²) in [4.78, 5) is 26.8. The van der Waals surface area contributed by atoms with E-state index in [4.69, 9.17) is 0 Å². The van der Waals surface area contributed by atoms with Gasteiger partial charge in [0.2, 0.25) is 11.8 Å². The third-order valence-electron chi connectivity index (χ3n) is 6.47. The minimum Gasteiger partial charge on any atom is -0.326 e. The number of amides is 2. The van der Waals surface area contributed by atoms with Gasteiger partial charge in [-0.2, -0.15) is 0 Å². The van der Waals surface area contributed by atoms with E-state index >= 15 is 0 Å². The zero-order chi connectivity index (χ0) is 23.9. The largest absolute Gasteiger partial charge is 0.326 e. The maximum Gasteiger partial charge on any atom is 0.242 e. The van der Waals surface area contributed by atoms with Crippen molar-refractivity contribution >= 4 is 35.0 Å². The molecule has 34 heavy (non-hydrogen) atoms. The van der Waals surface area contributed by atoms with Gasteiger partial charge < -0.3 is 10.6 Å². The van der Waals surface area contributed by atoms with E-state index in [0.717, 1.165) is 53.1 Å². The molecule has 1 unspecified atom stereocenters. The van der Waals surface area contributed by atoms with Gasteiger partial charge in [0.15, 0.2) is 0 Å². The van der Waals surface area contributed by atoms with Crippen molar-refractivity contribution in [2.45, 2.75) is 56.1 Å². The van der Waals surface area contributed by atoms with Crippen LogP contribution in [0.25, 0.3) is 0 Å². The van der Waals surface area contributed by atoms with Crippen molar-refractivity contribution in [3.05, 3.63) is 89.5 Å². The van der Waals surface area contributed by atoms with Crippen LogP contribution in [0, 0.1) is 19.8 Å². The molecule has 0 aliphatic heterocycles.